The van der Waals surface area contributed by atoms with E-state index in [1.165, 1.54) is 6.07 Å². The topological polar surface area (TPSA) is 41.6 Å². The molecule has 0 amide bonds. The first kappa shape index (κ1) is 11.1. The summed E-state index contributed by atoms with van der Waals surface area (Å²) in [5.74, 6) is 1.04. The second-order valence-corrected chi connectivity index (χ2v) is 3.84. The van der Waals surface area contributed by atoms with Gasteiger partial charge in [0.05, 0.1) is 0 Å². The highest BCUT2D eigenvalue weighted by molar-refractivity contribution is 6.31. The minimum Gasteiger partial charge on any atom is -0.263 e. The maximum atomic E-state index is 13.5. The Labute approximate surface area is 97.7 Å². The molecule has 1 aromatic carbocycles. The van der Waals surface area contributed by atoms with Crippen LogP contribution < -0.4 is 0 Å². The van der Waals surface area contributed by atoms with Gasteiger partial charge >= 0.3 is 0 Å². The quantitative estimate of drug-likeness (QED) is 0.895. The zero-order chi connectivity index (χ0) is 11.5. The molecule has 0 aliphatic rings. The predicted molar refractivity (Wildman–Crippen MR) is 60.0 cm³/mol. The molecular weight excluding hydrogens is 229 g/mol. The summed E-state index contributed by atoms with van der Waals surface area (Å²) in [6, 6.07) is 4.63. The molecule has 2 rings (SSSR count). The number of aromatic amines is 1. The molecule has 1 N–H and O–H groups in total. The predicted octanol–water partition coefficient (Wildman–Crippen LogP) is 2.75. The van der Waals surface area contributed by atoms with Crippen LogP contribution in [0.4, 0.5) is 4.39 Å². The van der Waals surface area contributed by atoms with Crippen LogP contribution in [0.5, 0.6) is 0 Å². The molecule has 0 aliphatic carbocycles. The van der Waals surface area contributed by atoms with Gasteiger partial charge in [-0.05, 0) is 12.1 Å². The number of nitrogens with one attached hydrogen (secondary N) is 1. The third-order valence-electron chi connectivity index (χ3n) is 2.30. The van der Waals surface area contributed by atoms with Crippen molar-refractivity contribution in [1.82, 2.24) is 15.2 Å². The van der Waals surface area contributed by atoms with Crippen molar-refractivity contribution in [2.45, 2.75) is 19.8 Å². The Bertz CT molecular complexity index is 475. The largest absolute Gasteiger partial charge is 0.263 e. The summed E-state index contributed by atoms with van der Waals surface area (Å²) in [5, 5.41) is 7.17. The van der Waals surface area contributed by atoms with E-state index in [1.807, 2.05) is 6.92 Å². The smallest absolute Gasteiger partial charge is 0.150 e. The normalized spacial score (nSPS) is 10.7. The van der Waals surface area contributed by atoms with Gasteiger partial charge in [-0.2, -0.15) is 5.10 Å². The lowest BCUT2D eigenvalue weighted by molar-refractivity contribution is 0.612. The number of H-pyrrole nitrogens is 1. The van der Waals surface area contributed by atoms with Crippen LogP contribution in [0.3, 0.4) is 0 Å². The number of aryl methyl sites for hydroxylation is 1. The molecular formula is C11H11ClFN3. The number of benzene rings is 1. The van der Waals surface area contributed by atoms with Gasteiger partial charge in [0.15, 0.2) is 0 Å². The lowest BCUT2D eigenvalue weighted by Gasteiger charge is -2.02. The van der Waals surface area contributed by atoms with Crippen LogP contribution in [0.25, 0.3) is 0 Å². The molecule has 16 heavy (non-hydrogen) atoms. The summed E-state index contributed by atoms with van der Waals surface area (Å²) < 4.78 is 13.5. The lowest BCUT2D eigenvalue weighted by Crippen LogP contribution is -1.96. The molecule has 0 bridgehead atoms. The number of hydrogen-bond acceptors (Lipinski definition) is 2. The Kier molecular flexibility index (Phi) is 3.19. The van der Waals surface area contributed by atoms with Crippen molar-refractivity contribution in [3.63, 3.8) is 0 Å². The maximum Gasteiger partial charge on any atom is 0.150 e. The summed E-state index contributed by atoms with van der Waals surface area (Å²) in [6.07, 6.45) is 1.08. The summed E-state index contributed by atoms with van der Waals surface area (Å²) in [4.78, 5) is 4.21. The SMILES string of the molecule is CCc1n[nH]c(Cc2c(F)cccc2Cl)n1. The van der Waals surface area contributed by atoms with E-state index in [-0.39, 0.29) is 5.82 Å². The zero-order valence-electron chi connectivity index (χ0n) is 8.80. The summed E-state index contributed by atoms with van der Waals surface area (Å²) in [5.41, 5.74) is 0.447. The Morgan fingerprint density at radius 3 is 2.88 bits per heavy atom. The molecule has 5 heteroatoms. The van der Waals surface area contributed by atoms with E-state index < -0.39 is 0 Å². The Morgan fingerprint density at radius 2 is 2.25 bits per heavy atom. The van der Waals surface area contributed by atoms with Crippen molar-refractivity contribution in [2.24, 2.45) is 0 Å². The van der Waals surface area contributed by atoms with Gasteiger partial charge in [0, 0.05) is 23.4 Å². The van der Waals surface area contributed by atoms with E-state index in [9.17, 15) is 4.39 Å². The lowest BCUT2D eigenvalue weighted by atomic mass is 10.1. The summed E-state index contributed by atoms with van der Waals surface area (Å²) in [7, 11) is 0. The van der Waals surface area contributed by atoms with Crippen molar-refractivity contribution in [1.29, 1.82) is 0 Å². The monoisotopic (exact) mass is 239 g/mol. The van der Waals surface area contributed by atoms with E-state index in [0.717, 1.165) is 12.2 Å². The van der Waals surface area contributed by atoms with Crippen LogP contribution in [-0.2, 0) is 12.8 Å². The number of hydrogen-bond donors (Lipinski definition) is 1. The molecule has 0 unspecified atom stereocenters. The molecule has 84 valence electrons. The Hall–Kier alpha value is -1.42. The molecule has 2 aromatic rings. The fraction of sp³-hybridized carbons (Fsp3) is 0.273. The third kappa shape index (κ3) is 2.22. The summed E-state index contributed by atoms with van der Waals surface area (Å²) >= 11 is 5.92. The molecule has 1 heterocycles. The highest BCUT2D eigenvalue weighted by atomic mass is 35.5. The van der Waals surface area contributed by atoms with Crippen LogP contribution in [-0.4, -0.2) is 15.2 Å². The Balaban J connectivity index is 2.26. The third-order valence-corrected chi connectivity index (χ3v) is 2.65. The van der Waals surface area contributed by atoms with Crippen LogP contribution >= 0.6 is 11.6 Å². The van der Waals surface area contributed by atoms with Gasteiger partial charge in [0.25, 0.3) is 0 Å². The van der Waals surface area contributed by atoms with Gasteiger partial charge in [0.2, 0.25) is 0 Å². The van der Waals surface area contributed by atoms with Crippen molar-refractivity contribution < 1.29 is 4.39 Å². The standard InChI is InChI=1S/C11H11ClFN3/c1-2-10-14-11(16-15-10)6-7-8(12)4-3-5-9(7)13/h3-5H,2,6H2,1H3,(H,14,15,16). The van der Waals surface area contributed by atoms with E-state index in [0.29, 0.717) is 22.8 Å². The van der Waals surface area contributed by atoms with Crippen LogP contribution in [0.15, 0.2) is 18.2 Å². The molecule has 1 aromatic heterocycles. The fourth-order valence-electron chi connectivity index (χ4n) is 1.44. The zero-order valence-corrected chi connectivity index (χ0v) is 9.55. The highest BCUT2D eigenvalue weighted by Crippen LogP contribution is 2.20. The molecule has 0 saturated heterocycles. The van der Waals surface area contributed by atoms with E-state index >= 15 is 0 Å². The molecule has 3 nitrogen and oxygen atoms in total. The van der Waals surface area contributed by atoms with Gasteiger partial charge in [-0.1, -0.05) is 24.6 Å². The second-order valence-electron chi connectivity index (χ2n) is 3.43. The minimum atomic E-state index is -0.318. The van der Waals surface area contributed by atoms with Crippen molar-refractivity contribution in [3.8, 4) is 0 Å². The molecule has 0 saturated carbocycles. The first-order valence-electron chi connectivity index (χ1n) is 5.03. The number of aromatic nitrogens is 3. The van der Waals surface area contributed by atoms with Gasteiger partial charge in [-0.15, -0.1) is 0 Å². The first-order chi connectivity index (χ1) is 7.70. The van der Waals surface area contributed by atoms with Crippen LogP contribution in [0, 0.1) is 5.82 Å². The fourth-order valence-corrected chi connectivity index (χ4v) is 1.67. The number of rotatable bonds is 3. The van der Waals surface area contributed by atoms with E-state index in [4.69, 9.17) is 11.6 Å². The molecule has 0 spiro atoms. The maximum absolute atomic E-state index is 13.5. The molecule has 0 atom stereocenters. The van der Waals surface area contributed by atoms with Crippen molar-refractivity contribution in [3.05, 3.63) is 46.3 Å². The van der Waals surface area contributed by atoms with Gasteiger partial charge in [0.1, 0.15) is 17.5 Å². The first-order valence-corrected chi connectivity index (χ1v) is 5.41. The average Bonchev–Trinajstić information content (AvgIpc) is 2.71. The van der Waals surface area contributed by atoms with Gasteiger partial charge in [-0.25, -0.2) is 9.37 Å². The minimum absolute atomic E-state index is 0.318. The number of nitrogens with zero attached hydrogens (tertiary/aromatic N) is 2. The highest BCUT2D eigenvalue weighted by Gasteiger charge is 2.10. The van der Waals surface area contributed by atoms with Crippen molar-refractivity contribution in [2.75, 3.05) is 0 Å². The summed E-state index contributed by atoms with van der Waals surface area (Å²) in [6.45, 7) is 1.96. The van der Waals surface area contributed by atoms with E-state index in [1.54, 1.807) is 12.1 Å². The van der Waals surface area contributed by atoms with Gasteiger partial charge in [-0.3, -0.25) is 5.10 Å². The van der Waals surface area contributed by atoms with Crippen LogP contribution in [0.2, 0.25) is 5.02 Å². The Morgan fingerprint density at radius 1 is 1.44 bits per heavy atom. The molecule has 0 radical (unpaired) electrons. The molecule has 0 fully saturated rings. The number of halogens is 2. The second kappa shape index (κ2) is 4.61. The van der Waals surface area contributed by atoms with E-state index in [2.05, 4.69) is 15.2 Å². The van der Waals surface area contributed by atoms with Crippen molar-refractivity contribution >= 4 is 11.6 Å². The molecule has 0 aliphatic heterocycles. The van der Waals surface area contributed by atoms with Crippen LogP contribution in [0.1, 0.15) is 24.1 Å². The van der Waals surface area contributed by atoms with Gasteiger partial charge < -0.3 is 0 Å². The average molecular weight is 240 g/mol.